The lowest BCUT2D eigenvalue weighted by atomic mass is 9.59. The number of carbonyl (C=O) groups excluding carboxylic acids is 1. The number of Topliss-reactive ketones (excluding diaryl/α,β-unsaturated/α-hetero) is 1. The maximum atomic E-state index is 12.4. The molecule has 2 heteroatoms. The lowest BCUT2D eigenvalue weighted by Gasteiger charge is -2.52. The molecular weight excluding hydrogens is 186 g/mol. The Hall–Kier alpha value is -0.370. The van der Waals surface area contributed by atoms with Crippen LogP contribution < -0.4 is 0 Å². The van der Waals surface area contributed by atoms with Gasteiger partial charge in [-0.15, -0.1) is 0 Å². The summed E-state index contributed by atoms with van der Waals surface area (Å²) in [7, 11) is 0. The molecule has 0 aromatic heterocycles. The summed E-state index contributed by atoms with van der Waals surface area (Å²) < 4.78 is 0. The molecule has 1 saturated heterocycles. The van der Waals surface area contributed by atoms with Gasteiger partial charge in [-0.1, -0.05) is 27.2 Å². The van der Waals surface area contributed by atoms with Crippen molar-refractivity contribution in [2.75, 3.05) is 19.6 Å². The van der Waals surface area contributed by atoms with Crippen molar-refractivity contribution < 1.29 is 4.79 Å². The normalized spacial score (nSPS) is 41.9. The zero-order chi connectivity index (χ0) is 11.1. The molecule has 2 bridgehead atoms. The van der Waals surface area contributed by atoms with Gasteiger partial charge in [0, 0.05) is 23.9 Å². The predicted octanol–water partition coefficient (Wildman–Crippen LogP) is 2.48. The van der Waals surface area contributed by atoms with E-state index < -0.39 is 0 Å². The summed E-state index contributed by atoms with van der Waals surface area (Å²) in [6, 6.07) is 0. The summed E-state index contributed by atoms with van der Waals surface area (Å²) >= 11 is 0. The van der Waals surface area contributed by atoms with Gasteiger partial charge in [0.1, 0.15) is 5.78 Å². The molecule has 2 unspecified atom stereocenters. The van der Waals surface area contributed by atoms with E-state index in [9.17, 15) is 4.79 Å². The fraction of sp³-hybridized carbons (Fsp3) is 0.923. The van der Waals surface area contributed by atoms with Gasteiger partial charge < -0.3 is 4.90 Å². The van der Waals surface area contributed by atoms with Crippen molar-refractivity contribution >= 4 is 5.78 Å². The predicted molar refractivity (Wildman–Crippen MR) is 61.8 cm³/mol. The van der Waals surface area contributed by atoms with Gasteiger partial charge in [0.05, 0.1) is 0 Å². The van der Waals surface area contributed by atoms with Crippen LogP contribution in [-0.4, -0.2) is 30.3 Å². The van der Waals surface area contributed by atoms with E-state index in [4.69, 9.17) is 0 Å². The summed E-state index contributed by atoms with van der Waals surface area (Å²) in [5.74, 6) is 0.536. The molecule has 1 heterocycles. The average Bonchev–Trinajstić information content (AvgIpc) is 2.12. The fourth-order valence-electron chi connectivity index (χ4n) is 3.64. The second-order valence-electron chi connectivity index (χ2n) is 6.01. The first kappa shape index (κ1) is 11.1. The minimum atomic E-state index is -0.0413. The number of nitrogens with zero attached hydrogens (tertiary/aromatic N) is 1. The third-order valence-corrected chi connectivity index (χ3v) is 4.24. The number of fused-ring (bicyclic) bond motifs is 2. The molecule has 86 valence electrons. The van der Waals surface area contributed by atoms with E-state index in [0.717, 1.165) is 32.5 Å². The topological polar surface area (TPSA) is 20.3 Å². The van der Waals surface area contributed by atoms with E-state index in [0.29, 0.717) is 5.78 Å². The molecule has 0 aromatic carbocycles. The van der Waals surface area contributed by atoms with Crippen molar-refractivity contribution in [3.8, 4) is 0 Å². The molecule has 0 N–H and O–H groups in total. The van der Waals surface area contributed by atoms with Gasteiger partial charge in [-0.3, -0.25) is 4.79 Å². The molecule has 2 atom stereocenters. The zero-order valence-corrected chi connectivity index (χ0v) is 10.3. The van der Waals surface area contributed by atoms with Crippen LogP contribution in [0.1, 0.15) is 46.5 Å². The lowest BCUT2D eigenvalue weighted by Crippen LogP contribution is -2.60. The van der Waals surface area contributed by atoms with Crippen molar-refractivity contribution in [2.24, 2.45) is 10.8 Å². The Morgan fingerprint density at radius 3 is 2.20 bits per heavy atom. The highest BCUT2D eigenvalue weighted by Gasteiger charge is 2.52. The first-order chi connectivity index (χ1) is 7.00. The number of carbonyl (C=O) groups is 1. The Kier molecular flexibility index (Phi) is 2.66. The van der Waals surface area contributed by atoms with Crippen molar-refractivity contribution in [2.45, 2.75) is 46.5 Å². The molecule has 1 saturated carbocycles. The summed E-state index contributed by atoms with van der Waals surface area (Å²) in [6.45, 7) is 9.71. The van der Waals surface area contributed by atoms with Crippen LogP contribution in [-0.2, 0) is 4.79 Å². The van der Waals surface area contributed by atoms with Crippen LogP contribution in [0.3, 0.4) is 0 Å². The molecule has 0 spiro atoms. The largest absolute Gasteiger partial charge is 0.301 e. The third kappa shape index (κ3) is 1.73. The van der Waals surface area contributed by atoms with E-state index in [1.807, 2.05) is 0 Å². The van der Waals surface area contributed by atoms with Crippen molar-refractivity contribution in [3.63, 3.8) is 0 Å². The van der Waals surface area contributed by atoms with E-state index >= 15 is 0 Å². The average molecular weight is 209 g/mol. The minimum absolute atomic E-state index is 0.0413. The highest BCUT2D eigenvalue weighted by molar-refractivity contribution is 5.91. The van der Waals surface area contributed by atoms with Crippen LogP contribution in [0.15, 0.2) is 0 Å². The van der Waals surface area contributed by atoms with Gasteiger partial charge in [0.15, 0.2) is 0 Å². The number of likely N-dealkylation sites (tertiary alicyclic amines) is 1. The third-order valence-electron chi connectivity index (χ3n) is 4.24. The second-order valence-corrected chi connectivity index (χ2v) is 6.01. The standard InChI is InChI=1S/C13H23NO/c1-4-8-14-9-12(2)6-5-7-13(3,10-14)11(12)15/h4-10H2,1-3H3. The second kappa shape index (κ2) is 3.58. The fourth-order valence-corrected chi connectivity index (χ4v) is 3.64. The number of rotatable bonds is 2. The van der Waals surface area contributed by atoms with Gasteiger partial charge in [-0.05, 0) is 25.8 Å². The molecule has 2 aliphatic rings. The number of piperidine rings is 1. The maximum Gasteiger partial charge on any atom is 0.147 e. The molecule has 2 rings (SSSR count). The Morgan fingerprint density at radius 1 is 1.20 bits per heavy atom. The highest BCUT2D eigenvalue weighted by Crippen LogP contribution is 2.47. The SMILES string of the molecule is CCCN1CC2(C)CCCC(C)(C1)C2=O. The van der Waals surface area contributed by atoms with Crippen molar-refractivity contribution in [1.29, 1.82) is 0 Å². The van der Waals surface area contributed by atoms with Gasteiger partial charge in [-0.2, -0.15) is 0 Å². The van der Waals surface area contributed by atoms with Crippen LogP contribution in [0.5, 0.6) is 0 Å². The first-order valence-corrected chi connectivity index (χ1v) is 6.27. The summed E-state index contributed by atoms with van der Waals surface area (Å²) in [4.78, 5) is 14.9. The van der Waals surface area contributed by atoms with Gasteiger partial charge in [0.2, 0.25) is 0 Å². The lowest BCUT2D eigenvalue weighted by molar-refractivity contribution is -0.151. The van der Waals surface area contributed by atoms with Crippen LogP contribution in [0.2, 0.25) is 0 Å². The quantitative estimate of drug-likeness (QED) is 0.696. The van der Waals surface area contributed by atoms with Gasteiger partial charge in [0.25, 0.3) is 0 Å². The molecule has 0 aromatic rings. The number of hydrogen-bond donors (Lipinski definition) is 0. The Balaban J connectivity index is 2.22. The van der Waals surface area contributed by atoms with E-state index in [1.165, 1.54) is 12.8 Å². The first-order valence-electron chi connectivity index (χ1n) is 6.27. The van der Waals surface area contributed by atoms with E-state index in [1.54, 1.807) is 0 Å². The monoisotopic (exact) mass is 209 g/mol. The Bertz CT molecular complexity index is 254. The minimum Gasteiger partial charge on any atom is -0.301 e. The van der Waals surface area contributed by atoms with E-state index in [-0.39, 0.29) is 10.8 Å². The maximum absolute atomic E-state index is 12.4. The summed E-state index contributed by atoms with van der Waals surface area (Å²) in [6.07, 6.45) is 4.63. The number of ketones is 1. The molecule has 0 amide bonds. The molecule has 2 fully saturated rings. The van der Waals surface area contributed by atoms with Gasteiger partial charge in [-0.25, -0.2) is 0 Å². The summed E-state index contributed by atoms with van der Waals surface area (Å²) in [5, 5.41) is 0. The molecule has 15 heavy (non-hydrogen) atoms. The molecule has 1 aliphatic heterocycles. The Morgan fingerprint density at radius 2 is 1.73 bits per heavy atom. The molecule has 1 aliphatic carbocycles. The van der Waals surface area contributed by atoms with Crippen LogP contribution >= 0.6 is 0 Å². The molecular formula is C13H23NO. The van der Waals surface area contributed by atoms with Gasteiger partial charge >= 0.3 is 0 Å². The van der Waals surface area contributed by atoms with Crippen LogP contribution in [0, 0.1) is 10.8 Å². The Labute approximate surface area is 93.0 Å². The van der Waals surface area contributed by atoms with Crippen LogP contribution in [0.25, 0.3) is 0 Å². The van der Waals surface area contributed by atoms with Crippen LogP contribution in [0.4, 0.5) is 0 Å². The highest BCUT2D eigenvalue weighted by atomic mass is 16.1. The summed E-state index contributed by atoms with van der Waals surface area (Å²) in [5.41, 5.74) is -0.0825. The van der Waals surface area contributed by atoms with Crippen molar-refractivity contribution in [3.05, 3.63) is 0 Å². The number of hydrogen-bond acceptors (Lipinski definition) is 2. The molecule has 2 nitrogen and oxygen atoms in total. The molecule has 0 radical (unpaired) electrons. The smallest absolute Gasteiger partial charge is 0.147 e. The van der Waals surface area contributed by atoms with E-state index in [2.05, 4.69) is 25.7 Å². The van der Waals surface area contributed by atoms with Crippen molar-refractivity contribution in [1.82, 2.24) is 4.90 Å². The zero-order valence-electron chi connectivity index (χ0n) is 10.3.